The Morgan fingerprint density at radius 2 is 1.68 bits per heavy atom. The largest absolute Gasteiger partial charge is 0.469 e. The summed E-state index contributed by atoms with van der Waals surface area (Å²) in [5.74, 6) is 8.28. The van der Waals surface area contributed by atoms with E-state index in [9.17, 15) is 4.79 Å². The number of allylic oxidation sites excluding steroid dienone is 2. The molecular weight excluding hydrogens is 541 g/mol. The van der Waals surface area contributed by atoms with Gasteiger partial charge in [0.05, 0.1) is 19.3 Å². The van der Waals surface area contributed by atoms with E-state index in [1.54, 1.807) is 5.57 Å². The van der Waals surface area contributed by atoms with Gasteiger partial charge in [0, 0.05) is 18.8 Å². The minimum atomic E-state index is -1.96. The molecule has 4 nitrogen and oxygen atoms in total. The maximum atomic E-state index is 11.5. The van der Waals surface area contributed by atoms with Gasteiger partial charge in [0.2, 0.25) is 0 Å². The lowest BCUT2D eigenvalue weighted by molar-refractivity contribution is -0.140. The fourth-order valence-corrected chi connectivity index (χ4v) is 8.44. The number of methoxy groups -OCH3 is 1. The second kappa shape index (κ2) is 14.6. The second-order valence-corrected chi connectivity index (χ2v) is 25.2. The van der Waals surface area contributed by atoms with Crippen molar-refractivity contribution < 1.29 is 18.4 Å². The van der Waals surface area contributed by atoms with Crippen LogP contribution in [-0.2, 0) is 18.4 Å². The number of esters is 1. The quantitative estimate of drug-likeness (QED) is 0.0733. The van der Waals surface area contributed by atoms with Crippen LogP contribution in [0.1, 0.15) is 100 Å². The number of rotatable bonds is 12. The molecule has 0 aromatic rings. The molecule has 6 atom stereocenters. The average molecular weight is 603 g/mol. The van der Waals surface area contributed by atoms with Gasteiger partial charge >= 0.3 is 5.97 Å². The van der Waals surface area contributed by atoms with Gasteiger partial charge in [0.15, 0.2) is 16.6 Å². The van der Waals surface area contributed by atoms with Crippen molar-refractivity contribution in [1.82, 2.24) is 0 Å². The molecule has 6 heteroatoms. The number of ether oxygens (including phenoxy) is 1. The smallest absolute Gasteiger partial charge is 0.305 e. The Morgan fingerprint density at radius 1 is 1.05 bits per heavy atom. The molecule has 0 bridgehead atoms. The van der Waals surface area contributed by atoms with Gasteiger partial charge in [-0.05, 0) is 93.0 Å². The summed E-state index contributed by atoms with van der Waals surface area (Å²) >= 11 is 0. The maximum Gasteiger partial charge on any atom is 0.305 e. The molecule has 0 radical (unpaired) electrons. The molecule has 0 saturated heterocycles. The van der Waals surface area contributed by atoms with E-state index in [0.717, 1.165) is 38.5 Å². The zero-order valence-corrected chi connectivity index (χ0v) is 30.8. The predicted molar refractivity (Wildman–Crippen MR) is 179 cm³/mol. The minimum Gasteiger partial charge on any atom is -0.469 e. The highest BCUT2D eigenvalue weighted by atomic mass is 28.4. The van der Waals surface area contributed by atoms with Gasteiger partial charge in [0.1, 0.15) is 0 Å². The third-order valence-electron chi connectivity index (χ3n) is 10.5. The van der Waals surface area contributed by atoms with Crippen LogP contribution < -0.4 is 0 Å². The van der Waals surface area contributed by atoms with E-state index in [4.69, 9.17) is 13.6 Å². The molecule has 0 heterocycles. The van der Waals surface area contributed by atoms with Crippen LogP contribution in [0.3, 0.4) is 0 Å². The number of unbranched alkanes of at least 4 members (excludes halogenated alkanes) is 1. The standard InChI is InChI=1S/C35H62O4Si2/c1-14-15-18-26(2)31(38-40(10,11)34(3,4)5)22-21-29-30-24-27(19-16-17-20-33(36)37-9)23-28(30)25-32(29)39-41(12,13)35(6,7)8/h19,21-22,26,28-32H,16-18,20,23-25H2,1-13H3/b22-21-,27-19+/t26?,28-,29-,30-,31+,32+/m0/s1. The molecule has 0 aromatic carbocycles. The van der Waals surface area contributed by atoms with Crippen LogP contribution in [-0.4, -0.2) is 41.9 Å². The van der Waals surface area contributed by atoms with Crippen LogP contribution in [0.5, 0.6) is 0 Å². The summed E-state index contributed by atoms with van der Waals surface area (Å²) in [5, 5.41) is 0.339. The van der Waals surface area contributed by atoms with Gasteiger partial charge in [-0.1, -0.05) is 72.3 Å². The number of hydrogen-bond acceptors (Lipinski definition) is 4. The van der Waals surface area contributed by atoms with Gasteiger partial charge in [-0.2, -0.15) is 0 Å². The Hall–Kier alpha value is -1.14. The molecule has 234 valence electrons. The van der Waals surface area contributed by atoms with Crippen molar-refractivity contribution in [1.29, 1.82) is 0 Å². The molecule has 1 unspecified atom stereocenters. The highest BCUT2D eigenvalue weighted by Crippen LogP contribution is 2.53. The third kappa shape index (κ3) is 9.95. The molecule has 0 N–H and O–H groups in total. The van der Waals surface area contributed by atoms with E-state index in [0.29, 0.717) is 30.1 Å². The fourth-order valence-electron chi connectivity index (χ4n) is 5.73. The lowest BCUT2D eigenvalue weighted by Gasteiger charge is -2.41. The van der Waals surface area contributed by atoms with Gasteiger partial charge < -0.3 is 13.6 Å². The normalized spacial score (nSPS) is 26.1. The van der Waals surface area contributed by atoms with E-state index >= 15 is 0 Å². The van der Waals surface area contributed by atoms with Crippen molar-refractivity contribution in [3.05, 3.63) is 23.8 Å². The lowest BCUT2D eigenvalue weighted by Crippen LogP contribution is -2.45. The molecule has 41 heavy (non-hydrogen) atoms. The molecule has 2 saturated carbocycles. The van der Waals surface area contributed by atoms with Crippen molar-refractivity contribution >= 4 is 22.6 Å². The second-order valence-electron chi connectivity index (χ2n) is 15.7. The van der Waals surface area contributed by atoms with Crippen molar-refractivity contribution in [2.24, 2.45) is 23.7 Å². The zero-order valence-electron chi connectivity index (χ0n) is 28.8. The van der Waals surface area contributed by atoms with E-state index < -0.39 is 16.6 Å². The molecule has 0 aromatic heterocycles. The van der Waals surface area contributed by atoms with Gasteiger partial charge in [-0.25, -0.2) is 0 Å². The van der Waals surface area contributed by atoms with Crippen molar-refractivity contribution in [3.8, 4) is 11.8 Å². The SMILES string of the molecule is CC#CCC(C)[C@@H](/C=C\[C@H]1[C@H]2C/C(=C/CCCC(=O)OC)C[C@H]2C[C@H]1O[Si](C)(C)C(C)(C)C)O[Si](C)(C)C(C)(C)C. The summed E-state index contributed by atoms with van der Waals surface area (Å²) in [7, 11) is -2.40. The van der Waals surface area contributed by atoms with Crippen LogP contribution in [0.4, 0.5) is 0 Å². The predicted octanol–water partition coefficient (Wildman–Crippen LogP) is 9.69. The van der Waals surface area contributed by atoms with Crippen LogP contribution in [0.25, 0.3) is 0 Å². The molecule has 2 aliphatic carbocycles. The first-order chi connectivity index (χ1) is 18.8. The zero-order chi connectivity index (χ0) is 31.2. The van der Waals surface area contributed by atoms with Crippen molar-refractivity contribution in [3.63, 3.8) is 0 Å². The van der Waals surface area contributed by atoms with E-state index in [1.807, 2.05) is 6.92 Å². The minimum absolute atomic E-state index is 0.0547. The first-order valence-electron chi connectivity index (χ1n) is 16.0. The Labute approximate surface area is 255 Å². The Balaban J connectivity index is 2.34. The van der Waals surface area contributed by atoms with Crippen LogP contribution in [0, 0.1) is 35.5 Å². The molecule has 0 amide bonds. The number of hydrogen-bond donors (Lipinski definition) is 0. The molecular formula is C35H62O4Si2. The fraction of sp³-hybridized carbons (Fsp3) is 0.800. The summed E-state index contributed by atoms with van der Waals surface area (Å²) in [6, 6.07) is 0. The van der Waals surface area contributed by atoms with E-state index in [-0.39, 0.29) is 28.3 Å². The monoisotopic (exact) mass is 602 g/mol. The number of carbonyl (C=O) groups is 1. The first kappa shape index (κ1) is 36.1. The summed E-state index contributed by atoms with van der Waals surface area (Å²) in [6.45, 7) is 27.7. The Bertz CT molecular complexity index is 986. The van der Waals surface area contributed by atoms with E-state index in [2.05, 4.69) is 105 Å². The Kier molecular flexibility index (Phi) is 12.8. The highest BCUT2D eigenvalue weighted by molar-refractivity contribution is 6.74. The third-order valence-corrected chi connectivity index (χ3v) is 19.5. The number of fused-ring (bicyclic) bond motifs is 1. The molecule has 0 aliphatic heterocycles. The van der Waals surface area contributed by atoms with Crippen LogP contribution in [0.2, 0.25) is 36.3 Å². The first-order valence-corrected chi connectivity index (χ1v) is 21.8. The molecule has 0 spiro atoms. The maximum absolute atomic E-state index is 11.5. The van der Waals surface area contributed by atoms with Crippen LogP contribution >= 0.6 is 0 Å². The van der Waals surface area contributed by atoms with Gasteiger partial charge in [0.25, 0.3) is 0 Å². The molecule has 2 fully saturated rings. The average Bonchev–Trinajstić information content (AvgIpc) is 3.37. The topological polar surface area (TPSA) is 44.8 Å². The van der Waals surface area contributed by atoms with Gasteiger partial charge in [-0.15, -0.1) is 11.8 Å². The van der Waals surface area contributed by atoms with Crippen molar-refractivity contribution in [2.75, 3.05) is 7.11 Å². The molecule has 2 rings (SSSR count). The number of carbonyl (C=O) groups excluding carboxylic acids is 1. The summed E-state index contributed by atoms with van der Waals surface area (Å²) in [6.07, 6.45) is 14.2. The van der Waals surface area contributed by atoms with Gasteiger partial charge in [-0.3, -0.25) is 4.79 Å². The summed E-state index contributed by atoms with van der Waals surface area (Å²) in [5.41, 5.74) is 1.56. The van der Waals surface area contributed by atoms with E-state index in [1.165, 1.54) is 7.11 Å². The lowest BCUT2D eigenvalue weighted by atomic mass is 9.89. The van der Waals surface area contributed by atoms with Crippen molar-refractivity contribution in [2.45, 2.75) is 149 Å². The highest BCUT2D eigenvalue weighted by Gasteiger charge is 2.50. The summed E-state index contributed by atoms with van der Waals surface area (Å²) in [4.78, 5) is 11.5. The van der Waals surface area contributed by atoms with Crippen LogP contribution in [0.15, 0.2) is 23.8 Å². The molecule has 2 aliphatic rings. The summed E-state index contributed by atoms with van der Waals surface area (Å²) < 4.78 is 19.0. The Morgan fingerprint density at radius 3 is 2.24 bits per heavy atom.